The van der Waals surface area contributed by atoms with Crippen LogP contribution in [0.3, 0.4) is 0 Å². The van der Waals surface area contributed by atoms with Crippen LogP contribution in [0.2, 0.25) is 0 Å². The number of nitrogens with zero attached hydrogens (tertiary/aromatic N) is 1. The second kappa shape index (κ2) is 14.1. The van der Waals surface area contributed by atoms with E-state index in [1.54, 1.807) is 54.6 Å². The predicted octanol–water partition coefficient (Wildman–Crippen LogP) is 6.02. The van der Waals surface area contributed by atoms with E-state index in [4.69, 9.17) is 18.9 Å². The second-order valence-electron chi connectivity index (χ2n) is 9.09. The average Bonchev–Trinajstić information content (AvgIpc) is 3.01. The molecule has 4 aromatic rings. The maximum absolute atomic E-state index is 13.0. The molecule has 0 aliphatic rings. The van der Waals surface area contributed by atoms with Crippen LogP contribution in [0.5, 0.6) is 23.0 Å². The van der Waals surface area contributed by atoms with Crippen LogP contribution in [0.4, 0.5) is 5.69 Å². The van der Waals surface area contributed by atoms with Crippen LogP contribution in [-0.2, 0) is 0 Å². The third-order valence-corrected chi connectivity index (χ3v) is 6.60. The Balaban J connectivity index is 1.45. The van der Waals surface area contributed by atoms with E-state index >= 15 is 0 Å². The summed E-state index contributed by atoms with van der Waals surface area (Å²) in [6, 6.07) is 21.5. The second-order valence-corrected chi connectivity index (χ2v) is 10.0. The molecule has 220 valence electrons. The Morgan fingerprint density at radius 3 is 2.12 bits per heavy atom. The molecule has 0 fully saturated rings. The van der Waals surface area contributed by atoms with Crippen LogP contribution in [-0.4, -0.2) is 45.3 Å². The van der Waals surface area contributed by atoms with Gasteiger partial charge in [-0.1, -0.05) is 39.7 Å². The molecule has 0 unspecified atom stereocenters. The number of carbonyl (C=O) groups excluding carboxylic acids is 3. The van der Waals surface area contributed by atoms with Crippen LogP contribution in [0.15, 0.2) is 88.4 Å². The standard InChI is InChI=1S/C32H28BrN3O7/c1-19-7-5-9-21(13-19)32(39)43-26-12-11-24(33)14-23(26)18-34-36-31(38)20-8-6-10-25(15-20)35-30(37)22-16-27(40-2)29(42-4)28(17-22)41-3/h5-18H,1-4H3,(H,35,37)(H,36,38). The summed E-state index contributed by atoms with van der Waals surface area (Å²) in [5.41, 5.74) is 5.16. The average molecular weight is 646 g/mol. The van der Waals surface area contributed by atoms with Crippen LogP contribution in [0.1, 0.15) is 42.2 Å². The fourth-order valence-electron chi connectivity index (χ4n) is 4.02. The maximum atomic E-state index is 13.0. The molecule has 4 aromatic carbocycles. The molecule has 0 saturated heterocycles. The Bertz CT molecular complexity index is 1680. The summed E-state index contributed by atoms with van der Waals surface area (Å²) in [4.78, 5) is 38.5. The number of hydrazone groups is 1. The van der Waals surface area contributed by atoms with Crippen molar-refractivity contribution in [2.45, 2.75) is 6.92 Å². The number of benzene rings is 4. The molecule has 4 rings (SSSR count). The fourth-order valence-corrected chi connectivity index (χ4v) is 4.40. The first-order valence-electron chi connectivity index (χ1n) is 12.9. The summed E-state index contributed by atoms with van der Waals surface area (Å²) in [5, 5.41) is 6.80. The lowest BCUT2D eigenvalue weighted by atomic mass is 10.1. The van der Waals surface area contributed by atoms with Gasteiger partial charge < -0.3 is 24.3 Å². The number of halogens is 1. The van der Waals surface area contributed by atoms with Crippen molar-refractivity contribution in [3.05, 3.63) is 111 Å². The number of amides is 2. The minimum atomic E-state index is -0.520. The molecule has 2 N–H and O–H groups in total. The van der Waals surface area contributed by atoms with Gasteiger partial charge in [0.2, 0.25) is 5.75 Å². The lowest BCUT2D eigenvalue weighted by Gasteiger charge is -2.14. The summed E-state index contributed by atoms with van der Waals surface area (Å²) in [5.74, 6) is -0.196. The van der Waals surface area contributed by atoms with Crippen molar-refractivity contribution in [1.82, 2.24) is 5.43 Å². The Morgan fingerprint density at radius 2 is 1.44 bits per heavy atom. The molecule has 0 radical (unpaired) electrons. The van der Waals surface area contributed by atoms with Gasteiger partial charge in [0.05, 0.1) is 33.1 Å². The number of carbonyl (C=O) groups is 3. The third kappa shape index (κ3) is 7.77. The monoisotopic (exact) mass is 645 g/mol. The van der Waals surface area contributed by atoms with Crippen molar-refractivity contribution in [3.63, 3.8) is 0 Å². The van der Waals surface area contributed by atoms with Gasteiger partial charge in [-0.05, 0) is 67.6 Å². The van der Waals surface area contributed by atoms with Gasteiger partial charge in [0.1, 0.15) is 5.75 Å². The smallest absolute Gasteiger partial charge is 0.343 e. The van der Waals surface area contributed by atoms with Crippen LogP contribution in [0, 0.1) is 6.92 Å². The fraction of sp³-hybridized carbons (Fsp3) is 0.125. The van der Waals surface area contributed by atoms with E-state index < -0.39 is 17.8 Å². The van der Waals surface area contributed by atoms with E-state index in [9.17, 15) is 14.4 Å². The number of aryl methyl sites for hydroxylation is 1. The van der Waals surface area contributed by atoms with E-state index in [0.717, 1.165) is 10.0 Å². The van der Waals surface area contributed by atoms with Crippen molar-refractivity contribution in [2.24, 2.45) is 5.10 Å². The highest BCUT2D eigenvalue weighted by atomic mass is 79.9. The topological polar surface area (TPSA) is 125 Å². The minimum Gasteiger partial charge on any atom is -0.493 e. The quantitative estimate of drug-likeness (QED) is 0.0935. The Labute approximate surface area is 256 Å². The molecule has 43 heavy (non-hydrogen) atoms. The van der Waals surface area contributed by atoms with E-state index in [-0.39, 0.29) is 16.9 Å². The zero-order valence-corrected chi connectivity index (χ0v) is 25.4. The third-order valence-electron chi connectivity index (χ3n) is 6.11. The van der Waals surface area contributed by atoms with E-state index in [1.807, 2.05) is 13.0 Å². The molecule has 0 atom stereocenters. The highest BCUT2D eigenvalue weighted by molar-refractivity contribution is 9.10. The SMILES string of the molecule is COc1cc(C(=O)Nc2cccc(C(=O)NN=Cc3cc(Br)ccc3OC(=O)c3cccc(C)c3)c2)cc(OC)c1OC. The maximum Gasteiger partial charge on any atom is 0.343 e. The van der Waals surface area contributed by atoms with Crippen molar-refractivity contribution < 1.29 is 33.3 Å². The molecule has 0 heterocycles. The van der Waals surface area contributed by atoms with E-state index in [2.05, 4.69) is 31.8 Å². The van der Waals surface area contributed by atoms with Gasteiger partial charge in [-0.25, -0.2) is 10.2 Å². The summed E-state index contributed by atoms with van der Waals surface area (Å²) in [7, 11) is 4.39. The van der Waals surface area contributed by atoms with Gasteiger partial charge >= 0.3 is 5.97 Å². The first kappa shape index (κ1) is 30.8. The number of methoxy groups -OCH3 is 3. The van der Waals surface area contributed by atoms with Crippen molar-refractivity contribution in [3.8, 4) is 23.0 Å². The lowest BCUT2D eigenvalue weighted by Crippen LogP contribution is -2.18. The van der Waals surface area contributed by atoms with Crippen LogP contribution in [0.25, 0.3) is 0 Å². The number of esters is 1. The van der Waals surface area contributed by atoms with Gasteiger partial charge in [-0.2, -0.15) is 5.10 Å². The summed E-state index contributed by atoms with van der Waals surface area (Å²) in [6.07, 6.45) is 1.37. The Kier molecular flexibility index (Phi) is 10.1. The molecule has 0 bridgehead atoms. The minimum absolute atomic E-state index is 0.250. The number of rotatable bonds is 10. The molecular formula is C32H28BrN3O7. The van der Waals surface area contributed by atoms with E-state index in [1.165, 1.54) is 45.7 Å². The molecule has 0 aliphatic heterocycles. The molecule has 0 saturated carbocycles. The molecule has 10 nitrogen and oxygen atoms in total. The van der Waals surface area contributed by atoms with Gasteiger partial charge in [0, 0.05) is 26.9 Å². The van der Waals surface area contributed by atoms with Gasteiger partial charge in [-0.15, -0.1) is 0 Å². The zero-order valence-electron chi connectivity index (χ0n) is 23.8. The van der Waals surface area contributed by atoms with Crippen LogP contribution >= 0.6 is 15.9 Å². The predicted molar refractivity (Wildman–Crippen MR) is 166 cm³/mol. The molecular weight excluding hydrogens is 618 g/mol. The van der Waals surface area contributed by atoms with Gasteiger partial charge in [0.15, 0.2) is 11.5 Å². The van der Waals surface area contributed by atoms with Crippen molar-refractivity contribution in [1.29, 1.82) is 0 Å². The lowest BCUT2D eigenvalue weighted by molar-refractivity contribution is 0.0733. The normalized spacial score (nSPS) is 10.6. The van der Waals surface area contributed by atoms with Gasteiger partial charge in [-0.3, -0.25) is 9.59 Å². The molecule has 0 spiro atoms. The number of hydrogen-bond acceptors (Lipinski definition) is 8. The van der Waals surface area contributed by atoms with Crippen molar-refractivity contribution >= 4 is 45.6 Å². The Hall–Kier alpha value is -5.16. The largest absolute Gasteiger partial charge is 0.493 e. The Morgan fingerprint density at radius 1 is 0.744 bits per heavy atom. The van der Waals surface area contributed by atoms with E-state index in [0.29, 0.717) is 34.1 Å². The summed E-state index contributed by atoms with van der Waals surface area (Å²) in [6.45, 7) is 1.89. The highest BCUT2D eigenvalue weighted by Crippen LogP contribution is 2.38. The first-order chi connectivity index (χ1) is 20.7. The van der Waals surface area contributed by atoms with Crippen LogP contribution < -0.4 is 29.7 Å². The van der Waals surface area contributed by atoms with Crippen molar-refractivity contribution in [2.75, 3.05) is 26.6 Å². The molecule has 0 aliphatic carbocycles. The summed E-state index contributed by atoms with van der Waals surface area (Å²) >= 11 is 3.40. The highest BCUT2D eigenvalue weighted by Gasteiger charge is 2.18. The number of anilines is 1. The molecule has 11 heteroatoms. The zero-order chi connectivity index (χ0) is 30.9. The summed E-state index contributed by atoms with van der Waals surface area (Å²) < 4.78 is 22.3. The first-order valence-corrected chi connectivity index (χ1v) is 13.6. The number of nitrogens with one attached hydrogen (secondary N) is 2. The molecule has 0 aromatic heterocycles. The molecule has 2 amide bonds. The number of hydrogen-bond donors (Lipinski definition) is 2. The van der Waals surface area contributed by atoms with Gasteiger partial charge in [0.25, 0.3) is 11.8 Å². The number of ether oxygens (including phenoxy) is 4.